The predicted molar refractivity (Wildman–Crippen MR) is 60.4 cm³/mol. The number of fused-ring (bicyclic) bond motifs is 1. The molecule has 1 heterocycles. The first-order valence-electron chi connectivity index (χ1n) is 4.36. The van der Waals surface area contributed by atoms with Crippen LogP contribution in [0, 0.1) is 11.3 Å². The number of nitrogens with zero attached hydrogens (tertiary/aromatic N) is 2. The van der Waals surface area contributed by atoms with Crippen molar-refractivity contribution < 1.29 is 8.42 Å². The van der Waals surface area contributed by atoms with Crippen molar-refractivity contribution in [3.63, 3.8) is 0 Å². The van der Waals surface area contributed by atoms with Gasteiger partial charge < -0.3 is 0 Å². The first kappa shape index (κ1) is 11.0. The van der Waals surface area contributed by atoms with Gasteiger partial charge in [0.15, 0.2) is 0 Å². The molecule has 0 atom stereocenters. The highest BCUT2D eigenvalue weighted by molar-refractivity contribution is 7.91. The van der Waals surface area contributed by atoms with Crippen molar-refractivity contribution in [3.05, 3.63) is 24.3 Å². The van der Waals surface area contributed by atoms with Gasteiger partial charge in [0.25, 0.3) is 10.0 Å². The third-order valence-electron chi connectivity index (χ3n) is 1.85. The number of nitrogens with one attached hydrogen (secondary N) is 1. The summed E-state index contributed by atoms with van der Waals surface area (Å²) in [6, 6.07) is 8.87. The predicted octanol–water partition coefficient (Wildman–Crippen LogP) is 1.10. The lowest BCUT2D eigenvalue weighted by Crippen LogP contribution is -2.23. The number of para-hydroxylation sites is 1. The molecule has 0 aliphatic heterocycles. The van der Waals surface area contributed by atoms with E-state index in [1.165, 1.54) is 0 Å². The zero-order valence-electron chi connectivity index (χ0n) is 8.04. The van der Waals surface area contributed by atoms with Crippen LogP contribution >= 0.6 is 11.3 Å². The van der Waals surface area contributed by atoms with Crippen LogP contribution in [0.5, 0.6) is 0 Å². The quantitative estimate of drug-likeness (QED) is 0.830. The van der Waals surface area contributed by atoms with Crippen molar-refractivity contribution in [3.8, 4) is 6.07 Å². The van der Waals surface area contributed by atoms with Gasteiger partial charge >= 0.3 is 0 Å². The minimum absolute atomic E-state index is 0.0102. The summed E-state index contributed by atoms with van der Waals surface area (Å²) in [7, 11) is -3.65. The highest BCUT2D eigenvalue weighted by atomic mass is 32.2. The molecule has 0 aliphatic carbocycles. The molecule has 82 valence electrons. The van der Waals surface area contributed by atoms with Gasteiger partial charge in [-0.3, -0.25) is 0 Å². The molecule has 0 radical (unpaired) electrons. The Balaban J connectivity index is 2.45. The summed E-state index contributed by atoms with van der Waals surface area (Å²) in [5.41, 5.74) is 0.643. The van der Waals surface area contributed by atoms with Gasteiger partial charge in [-0.1, -0.05) is 12.1 Å². The van der Waals surface area contributed by atoms with Crippen LogP contribution in [0.3, 0.4) is 0 Å². The van der Waals surface area contributed by atoms with Gasteiger partial charge in [-0.15, -0.1) is 11.3 Å². The molecule has 1 N–H and O–H groups in total. The third kappa shape index (κ3) is 2.04. The van der Waals surface area contributed by atoms with Crippen LogP contribution in [0.2, 0.25) is 0 Å². The Labute approximate surface area is 96.4 Å². The van der Waals surface area contributed by atoms with Crippen molar-refractivity contribution in [1.82, 2.24) is 9.71 Å². The number of sulfonamides is 1. The lowest BCUT2D eigenvalue weighted by atomic mass is 10.3. The van der Waals surface area contributed by atoms with Gasteiger partial charge in [-0.25, -0.2) is 13.4 Å². The molecule has 0 aliphatic rings. The minimum Gasteiger partial charge on any atom is -0.224 e. The number of hydrogen-bond acceptors (Lipinski definition) is 5. The van der Waals surface area contributed by atoms with Crippen molar-refractivity contribution in [2.75, 3.05) is 6.54 Å². The van der Waals surface area contributed by atoms with Crippen molar-refractivity contribution in [1.29, 1.82) is 5.26 Å². The van der Waals surface area contributed by atoms with E-state index in [1.54, 1.807) is 24.3 Å². The number of thiazole rings is 1. The fourth-order valence-corrected chi connectivity index (χ4v) is 3.33. The topological polar surface area (TPSA) is 82.9 Å². The lowest BCUT2D eigenvalue weighted by molar-refractivity contribution is 0.585. The molecule has 2 aromatic rings. The van der Waals surface area contributed by atoms with Gasteiger partial charge in [-0.2, -0.15) is 9.98 Å². The second kappa shape index (κ2) is 4.17. The summed E-state index contributed by atoms with van der Waals surface area (Å²) < 4.78 is 26.2. The minimum atomic E-state index is -3.65. The average Bonchev–Trinajstić information content (AvgIpc) is 2.71. The fraction of sp³-hybridized carbons (Fsp3) is 0.111. The van der Waals surface area contributed by atoms with Crippen LogP contribution in [0.25, 0.3) is 10.2 Å². The fourth-order valence-electron chi connectivity index (χ4n) is 1.16. The maximum atomic E-state index is 11.6. The molecular formula is C9H7N3O2S2. The Morgan fingerprint density at radius 1 is 1.44 bits per heavy atom. The van der Waals surface area contributed by atoms with Gasteiger partial charge in [0, 0.05) is 0 Å². The van der Waals surface area contributed by atoms with Crippen LogP contribution in [0.1, 0.15) is 0 Å². The van der Waals surface area contributed by atoms with Crippen molar-refractivity contribution in [2.24, 2.45) is 0 Å². The van der Waals surface area contributed by atoms with Crippen LogP contribution < -0.4 is 4.72 Å². The Bertz CT molecular complexity index is 622. The standard InChI is InChI=1S/C9H7N3O2S2/c10-5-6-11-16(13,14)9-12-7-3-1-2-4-8(7)15-9/h1-4,11H,6H2. The van der Waals surface area contributed by atoms with Crippen molar-refractivity contribution in [2.45, 2.75) is 4.34 Å². The van der Waals surface area contributed by atoms with Crippen molar-refractivity contribution >= 4 is 31.6 Å². The van der Waals surface area contributed by atoms with Gasteiger partial charge in [0.05, 0.1) is 22.8 Å². The zero-order chi connectivity index (χ0) is 11.6. The third-order valence-corrected chi connectivity index (χ3v) is 4.66. The maximum Gasteiger partial charge on any atom is 0.268 e. The zero-order valence-corrected chi connectivity index (χ0v) is 9.68. The van der Waals surface area contributed by atoms with E-state index in [9.17, 15) is 8.42 Å². The number of rotatable bonds is 3. The largest absolute Gasteiger partial charge is 0.268 e. The molecule has 1 aromatic heterocycles. The summed E-state index contributed by atoms with van der Waals surface area (Å²) >= 11 is 1.08. The lowest BCUT2D eigenvalue weighted by Gasteiger charge is -1.96. The number of nitriles is 1. The van der Waals surface area contributed by atoms with Gasteiger partial charge in [-0.05, 0) is 12.1 Å². The number of benzene rings is 1. The molecule has 0 saturated carbocycles. The van der Waals surface area contributed by atoms with E-state index in [2.05, 4.69) is 9.71 Å². The van der Waals surface area contributed by atoms with Gasteiger partial charge in [0.2, 0.25) is 4.34 Å². The van der Waals surface area contributed by atoms with E-state index in [1.807, 2.05) is 6.07 Å². The molecule has 0 fully saturated rings. The smallest absolute Gasteiger partial charge is 0.224 e. The first-order valence-corrected chi connectivity index (χ1v) is 6.65. The highest BCUT2D eigenvalue weighted by Gasteiger charge is 2.18. The second-order valence-electron chi connectivity index (χ2n) is 2.93. The Hall–Kier alpha value is -1.49. The number of aromatic nitrogens is 1. The summed E-state index contributed by atoms with van der Waals surface area (Å²) in [6.07, 6.45) is 0. The molecule has 0 spiro atoms. The van der Waals surface area contributed by atoms with E-state index in [0.717, 1.165) is 16.0 Å². The molecule has 0 amide bonds. The van der Waals surface area contributed by atoms with Crippen LogP contribution in [0.15, 0.2) is 28.6 Å². The molecule has 7 heteroatoms. The monoisotopic (exact) mass is 253 g/mol. The van der Waals surface area contributed by atoms with E-state index < -0.39 is 10.0 Å². The summed E-state index contributed by atoms with van der Waals surface area (Å²) in [6.45, 7) is -0.252. The van der Waals surface area contributed by atoms with Crippen LogP contribution in [0.4, 0.5) is 0 Å². The van der Waals surface area contributed by atoms with Crippen LogP contribution in [-0.2, 0) is 10.0 Å². The second-order valence-corrected chi connectivity index (χ2v) is 5.90. The molecule has 16 heavy (non-hydrogen) atoms. The van der Waals surface area contributed by atoms with Crippen LogP contribution in [-0.4, -0.2) is 19.9 Å². The SMILES string of the molecule is N#CCNS(=O)(=O)c1nc2ccccc2s1. The molecule has 2 rings (SSSR count). The molecule has 1 aromatic carbocycles. The molecule has 5 nitrogen and oxygen atoms in total. The maximum absolute atomic E-state index is 11.6. The summed E-state index contributed by atoms with van der Waals surface area (Å²) in [5.74, 6) is 0. The molecular weight excluding hydrogens is 246 g/mol. The Morgan fingerprint density at radius 2 is 2.19 bits per heavy atom. The molecule has 0 saturated heterocycles. The molecule has 0 bridgehead atoms. The normalized spacial score (nSPS) is 11.4. The van der Waals surface area contributed by atoms with Gasteiger partial charge in [0.1, 0.15) is 0 Å². The van der Waals surface area contributed by atoms with E-state index in [4.69, 9.17) is 5.26 Å². The van der Waals surface area contributed by atoms with E-state index in [-0.39, 0.29) is 10.9 Å². The summed E-state index contributed by atoms with van der Waals surface area (Å²) in [4.78, 5) is 4.00. The number of hydrogen-bond donors (Lipinski definition) is 1. The van der Waals surface area contributed by atoms with E-state index >= 15 is 0 Å². The van der Waals surface area contributed by atoms with E-state index in [0.29, 0.717) is 5.52 Å². The highest BCUT2D eigenvalue weighted by Crippen LogP contribution is 2.24. The average molecular weight is 253 g/mol. The Morgan fingerprint density at radius 3 is 2.88 bits per heavy atom. The Kier molecular flexibility index (Phi) is 2.87. The summed E-state index contributed by atoms with van der Waals surface area (Å²) in [5, 5.41) is 8.32. The first-order chi connectivity index (χ1) is 7.63. The molecule has 0 unspecified atom stereocenters.